The molecule has 2 rings (SSSR count). The van der Waals surface area contributed by atoms with E-state index in [-0.39, 0.29) is 0 Å². The molecule has 1 fully saturated rings. The Labute approximate surface area is 115 Å². The van der Waals surface area contributed by atoms with Crippen molar-refractivity contribution in [3.8, 4) is 17.6 Å². The van der Waals surface area contributed by atoms with E-state index in [1.165, 1.54) is 0 Å². The van der Waals surface area contributed by atoms with E-state index in [0.29, 0.717) is 12.5 Å². The molecule has 1 heterocycles. The number of benzene rings is 1. The van der Waals surface area contributed by atoms with Gasteiger partial charge in [0.05, 0.1) is 13.2 Å². The zero-order valence-corrected chi connectivity index (χ0v) is 11.4. The molecular formula is C16H21NO2. The first-order chi connectivity index (χ1) is 9.29. The van der Waals surface area contributed by atoms with Gasteiger partial charge in [0.1, 0.15) is 5.75 Å². The summed E-state index contributed by atoms with van der Waals surface area (Å²) in [5.41, 5.74) is 7.53. The van der Waals surface area contributed by atoms with E-state index in [9.17, 15) is 0 Å². The van der Waals surface area contributed by atoms with Gasteiger partial charge in [-0.05, 0) is 49.4 Å². The molecule has 3 nitrogen and oxygen atoms in total. The van der Waals surface area contributed by atoms with Crippen LogP contribution in [0.5, 0.6) is 5.75 Å². The van der Waals surface area contributed by atoms with E-state index < -0.39 is 0 Å². The Kier molecular flexibility index (Phi) is 5.26. The predicted molar refractivity (Wildman–Crippen MR) is 76.1 cm³/mol. The zero-order valence-electron chi connectivity index (χ0n) is 11.4. The smallest absolute Gasteiger partial charge is 0.119 e. The Balaban J connectivity index is 1.92. The Morgan fingerprint density at radius 3 is 2.84 bits per heavy atom. The summed E-state index contributed by atoms with van der Waals surface area (Å²) < 4.78 is 11.2. The van der Waals surface area contributed by atoms with Crippen LogP contribution in [0, 0.1) is 24.7 Å². The minimum Gasteiger partial charge on any atom is -0.493 e. The van der Waals surface area contributed by atoms with Crippen molar-refractivity contribution in [1.29, 1.82) is 0 Å². The number of hydrogen-bond donors (Lipinski definition) is 1. The first-order valence-electron chi connectivity index (χ1n) is 6.79. The second-order valence-corrected chi connectivity index (χ2v) is 4.85. The Bertz CT molecular complexity index is 467. The number of aryl methyl sites for hydroxylation is 1. The molecule has 0 radical (unpaired) electrons. The Hall–Kier alpha value is -1.50. The minimum absolute atomic E-state index is 0.390. The van der Waals surface area contributed by atoms with Gasteiger partial charge in [0.25, 0.3) is 0 Å². The lowest BCUT2D eigenvalue weighted by molar-refractivity contribution is 0.0497. The van der Waals surface area contributed by atoms with Gasteiger partial charge in [0.2, 0.25) is 0 Å². The van der Waals surface area contributed by atoms with E-state index in [2.05, 4.69) is 11.8 Å². The topological polar surface area (TPSA) is 44.5 Å². The molecule has 0 amide bonds. The molecule has 0 atom stereocenters. The summed E-state index contributed by atoms with van der Waals surface area (Å²) in [6.07, 6.45) is 2.19. The van der Waals surface area contributed by atoms with Crippen molar-refractivity contribution in [2.75, 3.05) is 26.4 Å². The van der Waals surface area contributed by atoms with Crippen LogP contribution in [0.4, 0.5) is 0 Å². The summed E-state index contributed by atoms with van der Waals surface area (Å²) in [5.74, 6) is 7.47. The molecule has 1 saturated heterocycles. The van der Waals surface area contributed by atoms with Crippen LogP contribution >= 0.6 is 0 Å². The summed E-state index contributed by atoms with van der Waals surface area (Å²) in [5, 5.41) is 0. The van der Waals surface area contributed by atoms with Gasteiger partial charge in [0.15, 0.2) is 0 Å². The van der Waals surface area contributed by atoms with Crippen LogP contribution in [-0.2, 0) is 4.74 Å². The fourth-order valence-corrected chi connectivity index (χ4v) is 2.14. The minimum atomic E-state index is 0.390. The molecule has 0 spiro atoms. The molecule has 0 bridgehead atoms. The molecule has 0 unspecified atom stereocenters. The monoisotopic (exact) mass is 259 g/mol. The maximum atomic E-state index is 5.86. The van der Waals surface area contributed by atoms with Crippen molar-refractivity contribution in [2.24, 2.45) is 11.7 Å². The Morgan fingerprint density at radius 2 is 2.16 bits per heavy atom. The molecule has 3 heteroatoms. The number of ether oxygens (including phenoxy) is 2. The van der Waals surface area contributed by atoms with E-state index in [4.69, 9.17) is 15.2 Å². The Morgan fingerprint density at radius 1 is 1.37 bits per heavy atom. The highest BCUT2D eigenvalue weighted by Gasteiger charge is 2.14. The van der Waals surface area contributed by atoms with Gasteiger partial charge in [-0.25, -0.2) is 0 Å². The average Bonchev–Trinajstić information content (AvgIpc) is 2.45. The summed E-state index contributed by atoms with van der Waals surface area (Å²) in [7, 11) is 0. The fourth-order valence-electron chi connectivity index (χ4n) is 2.14. The van der Waals surface area contributed by atoms with Crippen molar-refractivity contribution < 1.29 is 9.47 Å². The highest BCUT2D eigenvalue weighted by molar-refractivity contribution is 5.44. The second kappa shape index (κ2) is 7.18. The molecule has 102 valence electrons. The number of nitrogens with two attached hydrogens (primary N) is 1. The summed E-state index contributed by atoms with van der Waals surface area (Å²) in [6.45, 7) is 4.93. The van der Waals surface area contributed by atoms with E-state index in [1.54, 1.807) is 0 Å². The lowest BCUT2D eigenvalue weighted by Crippen LogP contribution is -2.21. The highest BCUT2D eigenvalue weighted by atomic mass is 16.5. The number of hydrogen-bond acceptors (Lipinski definition) is 3. The average molecular weight is 259 g/mol. The first kappa shape index (κ1) is 13.9. The van der Waals surface area contributed by atoms with Crippen LogP contribution in [-0.4, -0.2) is 26.4 Å². The largest absolute Gasteiger partial charge is 0.493 e. The van der Waals surface area contributed by atoms with Crippen LogP contribution in [0.2, 0.25) is 0 Å². The molecule has 1 aliphatic rings. The van der Waals surface area contributed by atoms with Gasteiger partial charge in [-0.15, -0.1) is 0 Å². The molecule has 2 N–H and O–H groups in total. The maximum Gasteiger partial charge on any atom is 0.119 e. The molecule has 1 aliphatic heterocycles. The predicted octanol–water partition coefficient (Wildman–Crippen LogP) is 2.11. The lowest BCUT2D eigenvalue weighted by Gasteiger charge is -2.22. The lowest BCUT2D eigenvalue weighted by atomic mass is 10.0. The molecule has 0 aliphatic carbocycles. The van der Waals surface area contributed by atoms with E-state index in [1.807, 2.05) is 25.1 Å². The highest BCUT2D eigenvalue weighted by Crippen LogP contribution is 2.20. The van der Waals surface area contributed by atoms with Crippen molar-refractivity contribution in [2.45, 2.75) is 19.8 Å². The molecule has 1 aromatic carbocycles. The van der Waals surface area contributed by atoms with Crippen LogP contribution in [0.25, 0.3) is 0 Å². The van der Waals surface area contributed by atoms with Gasteiger partial charge >= 0.3 is 0 Å². The quantitative estimate of drug-likeness (QED) is 0.846. The van der Waals surface area contributed by atoms with Gasteiger partial charge < -0.3 is 15.2 Å². The first-order valence-corrected chi connectivity index (χ1v) is 6.79. The normalized spacial score (nSPS) is 15.7. The third-order valence-electron chi connectivity index (χ3n) is 3.35. The van der Waals surface area contributed by atoms with Crippen molar-refractivity contribution in [3.05, 3.63) is 29.3 Å². The van der Waals surface area contributed by atoms with Gasteiger partial charge in [0, 0.05) is 18.8 Å². The fraction of sp³-hybridized carbons (Fsp3) is 0.500. The van der Waals surface area contributed by atoms with Gasteiger partial charge in [-0.2, -0.15) is 0 Å². The maximum absolute atomic E-state index is 5.86. The summed E-state index contributed by atoms with van der Waals surface area (Å²) in [6, 6.07) is 6.02. The third kappa shape index (κ3) is 4.27. The van der Waals surface area contributed by atoms with Crippen molar-refractivity contribution in [3.63, 3.8) is 0 Å². The number of rotatable bonds is 3. The standard InChI is InChI=1S/C16H21NO2/c1-13-11-16(5-4-15(13)3-2-8-17)19-12-14-6-9-18-10-7-14/h4-5,11,14H,6-10,12,17H2,1H3. The molecule has 0 saturated carbocycles. The van der Waals surface area contributed by atoms with Crippen LogP contribution in [0.15, 0.2) is 18.2 Å². The second-order valence-electron chi connectivity index (χ2n) is 4.85. The van der Waals surface area contributed by atoms with Gasteiger partial charge in [-0.1, -0.05) is 11.8 Å². The van der Waals surface area contributed by atoms with Gasteiger partial charge in [-0.3, -0.25) is 0 Å². The third-order valence-corrected chi connectivity index (χ3v) is 3.35. The molecule has 1 aromatic rings. The van der Waals surface area contributed by atoms with Crippen molar-refractivity contribution >= 4 is 0 Å². The summed E-state index contributed by atoms with van der Waals surface area (Å²) >= 11 is 0. The zero-order chi connectivity index (χ0) is 13.5. The van der Waals surface area contributed by atoms with Crippen molar-refractivity contribution in [1.82, 2.24) is 0 Å². The molecular weight excluding hydrogens is 238 g/mol. The summed E-state index contributed by atoms with van der Waals surface area (Å²) in [4.78, 5) is 0. The SMILES string of the molecule is Cc1cc(OCC2CCOCC2)ccc1C#CCN. The van der Waals surface area contributed by atoms with E-state index >= 15 is 0 Å². The van der Waals surface area contributed by atoms with Crippen LogP contribution in [0.1, 0.15) is 24.0 Å². The van der Waals surface area contributed by atoms with E-state index in [0.717, 1.165) is 49.5 Å². The molecule has 19 heavy (non-hydrogen) atoms. The van der Waals surface area contributed by atoms with Crippen LogP contribution < -0.4 is 10.5 Å². The molecule has 0 aromatic heterocycles. The van der Waals surface area contributed by atoms with Crippen LogP contribution in [0.3, 0.4) is 0 Å².